The third-order valence-electron chi connectivity index (χ3n) is 10.7. The third kappa shape index (κ3) is 2.87. The Morgan fingerprint density at radius 2 is 1.83 bits per heavy atom. The summed E-state index contributed by atoms with van der Waals surface area (Å²) in [5.74, 6) is 4.08. The molecule has 5 aliphatic rings. The average molecular weight is 401 g/mol. The van der Waals surface area contributed by atoms with E-state index in [1.54, 1.807) is 5.57 Å². The van der Waals surface area contributed by atoms with Crippen LogP contribution in [0.5, 0.6) is 0 Å². The lowest BCUT2D eigenvalue weighted by Gasteiger charge is -2.56. The van der Waals surface area contributed by atoms with Crippen LogP contribution in [0.25, 0.3) is 0 Å². The number of aliphatic hydroxyl groups excluding tert-OH is 1. The molecule has 1 saturated heterocycles. The van der Waals surface area contributed by atoms with Crippen molar-refractivity contribution >= 4 is 0 Å². The van der Waals surface area contributed by atoms with Gasteiger partial charge in [-0.25, -0.2) is 0 Å². The van der Waals surface area contributed by atoms with Crippen molar-refractivity contribution in [3.05, 3.63) is 11.6 Å². The molecular formula is C27H44O2. The predicted octanol–water partition coefficient (Wildman–Crippen LogP) is 6.52. The maximum Gasteiger partial charge on any atom is 0.107 e. The number of hydrogen-bond donors (Lipinski definition) is 1. The minimum absolute atomic E-state index is 0.0330. The maximum atomic E-state index is 10.3. The molecule has 2 nitrogen and oxygen atoms in total. The van der Waals surface area contributed by atoms with Gasteiger partial charge in [0.2, 0.25) is 0 Å². The second-order valence-electron chi connectivity index (χ2n) is 12.5. The predicted molar refractivity (Wildman–Crippen MR) is 119 cm³/mol. The van der Waals surface area contributed by atoms with Crippen molar-refractivity contribution < 1.29 is 9.84 Å². The topological polar surface area (TPSA) is 32.8 Å². The summed E-state index contributed by atoms with van der Waals surface area (Å²) in [4.78, 5) is 0. The Labute approximate surface area is 178 Å². The monoisotopic (exact) mass is 400 g/mol. The number of allylic oxidation sites excluding steroid dienone is 1. The zero-order chi connectivity index (χ0) is 20.6. The standard InChI is InChI=1S/C27H44O2/c1-17(2)7-6-8-18(3)21-9-10-22-20-15-24-27(29-24)16-19(28)11-14-26(27,5)23(20)12-13-25(21,22)4/h15,17-19,21-24,28H,6-14,16H2,1-5H3/t18-,19+,21-,22+,23+,24+,25-,26-,27+/m1/s1. The van der Waals surface area contributed by atoms with Crippen molar-refractivity contribution in [1.29, 1.82) is 0 Å². The first kappa shape index (κ1) is 20.6. The highest BCUT2D eigenvalue weighted by molar-refractivity contribution is 5.38. The SMILES string of the molecule is CC(C)CCC[C@@H](C)[C@H]1CC[C@H]2C3=C[C@@H]4O[C@@]45C[C@@H](O)CC[C@]5(C)[C@H]3CC[C@]12C. The van der Waals surface area contributed by atoms with Gasteiger partial charge in [0.15, 0.2) is 0 Å². The van der Waals surface area contributed by atoms with Crippen molar-refractivity contribution in [2.75, 3.05) is 0 Å². The van der Waals surface area contributed by atoms with Gasteiger partial charge in [-0.15, -0.1) is 0 Å². The molecule has 1 heterocycles. The zero-order valence-electron chi connectivity index (χ0n) is 19.5. The first-order valence-corrected chi connectivity index (χ1v) is 12.8. The van der Waals surface area contributed by atoms with E-state index in [4.69, 9.17) is 4.74 Å². The van der Waals surface area contributed by atoms with Crippen LogP contribution in [0.4, 0.5) is 0 Å². The number of rotatable bonds is 5. The van der Waals surface area contributed by atoms with E-state index in [2.05, 4.69) is 40.7 Å². The van der Waals surface area contributed by atoms with E-state index >= 15 is 0 Å². The van der Waals surface area contributed by atoms with Gasteiger partial charge in [0.05, 0.1) is 6.10 Å². The lowest BCUT2D eigenvalue weighted by Crippen LogP contribution is -2.55. The van der Waals surface area contributed by atoms with E-state index in [9.17, 15) is 5.11 Å². The van der Waals surface area contributed by atoms with Crippen molar-refractivity contribution in [3.8, 4) is 0 Å². The third-order valence-corrected chi connectivity index (χ3v) is 10.7. The Morgan fingerprint density at radius 3 is 2.59 bits per heavy atom. The molecule has 4 fully saturated rings. The molecule has 0 aromatic carbocycles. The summed E-state index contributed by atoms with van der Waals surface area (Å²) in [5.41, 5.74) is 2.50. The molecule has 0 amide bonds. The van der Waals surface area contributed by atoms with Gasteiger partial charge >= 0.3 is 0 Å². The van der Waals surface area contributed by atoms with E-state index in [0.717, 1.165) is 42.9 Å². The van der Waals surface area contributed by atoms with Crippen LogP contribution < -0.4 is 0 Å². The van der Waals surface area contributed by atoms with Gasteiger partial charge in [-0.3, -0.25) is 0 Å². The summed E-state index contributed by atoms with van der Waals surface area (Å²) >= 11 is 0. The Kier molecular flexibility index (Phi) is 4.84. The first-order chi connectivity index (χ1) is 13.7. The Bertz CT molecular complexity index is 682. The van der Waals surface area contributed by atoms with Gasteiger partial charge in [-0.1, -0.05) is 65.5 Å². The quantitative estimate of drug-likeness (QED) is 0.421. The molecule has 1 N–H and O–H groups in total. The smallest absolute Gasteiger partial charge is 0.107 e. The Balaban J connectivity index is 1.37. The van der Waals surface area contributed by atoms with Gasteiger partial charge in [0.1, 0.15) is 11.7 Å². The van der Waals surface area contributed by atoms with Crippen LogP contribution in [0.2, 0.25) is 0 Å². The van der Waals surface area contributed by atoms with Gasteiger partial charge in [-0.2, -0.15) is 0 Å². The van der Waals surface area contributed by atoms with Gasteiger partial charge in [0, 0.05) is 11.8 Å². The number of epoxide rings is 1. The Morgan fingerprint density at radius 1 is 1.03 bits per heavy atom. The zero-order valence-corrected chi connectivity index (χ0v) is 19.5. The molecule has 164 valence electrons. The molecule has 5 rings (SSSR count). The van der Waals surface area contributed by atoms with Gasteiger partial charge < -0.3 is 9.84 Å². The van der Waals surface area contributed by atoms with Crippen LogP contribution in [0, 0.1) is 40.4 Å². The van der Waals surface area contributed by atoms with Crippen molar-refractivity contribution in [2.45, 2.75) is 117 Å². The van der Waals surface area contributed by atoms with Crippen LogP contribution >= 0.6 is 0 Å². The molecule has 0 radical (unpaired) electrons. The molecule has 1 spiro atoms. The number of ether oxygens (including phenoxy) is 1. The fraction of sp³-hybridized carbons (Fsp3) is 0.926. The summed E-state index contributed by atoms with van der Waals surface area (Å²) in [6, 6.07) is 0. The molecular weight excluding hydrogens is 356 g/mol. The molecule has 0 aromatic rings. The van der Waals surface area contributed by atoms with E-state index in [1.807, 2.05) is 0 Å². The van der Waals surface area contributed by atoms with E-state index in [0.29, 0.717) is 17.4 Å². The van der Waals surface area contributed by atoms with Crippen LogP contribution in [0.1, 0.15) is 98.8 Å². The minimum atomic E-state index is -0.153. The lowest BCUT2D eigenvalue weighted by molar-refractivity contribution is -0.0537. The summed E-state index contributed by atoms with van der Waals surface area (Å²) in [5, 5.41) is 10.3. The number of aliphatic hydroxyl groups is 1. The molecule has 2 heteroatoms. The lowest BCUT2D eigenvalue weighted by atomic mass is 9.47. The fourth-order valence-electron chi connectivity index (χ4n) is 8.93. The average Bonchev–Trinajstić information content (AvgIpc) is 3.22. The molecule has 4 aliphatic carbocycles. The highest BCUT2D eigenvalue weighted by Gasteiger charge is 2.73. The summed E-state index contributed by atoms with van der Waals surface area (Å²) < 4.78 is 6.43. The Hall–Kier alpha value is -0.340. The van der Waals surface area contributed by atoms with E-state index < -0.39 is 0 Å². The van der Waals surface area contributed by atoms with Crippen molar-refractivity contribution in [2.24, 2.45) is 40.4 Å². The van der Waals surface area contributed by atoms with E-state index in [1.165, 1.54) is 44.9 Å². The molecule has 3 saturated carbocycles. The van der Waals surface area contributed by atoms with Gasteiger partial charge in [0.25, 0.3) is 0 Å². The molecule has 0 aromatic heterocycles. The highest BCUT2D eigenvalue weighted by atomic mass is 16.6. The van der Waals surface area contributed by atoms with Gasteiger partial charge in [-0.05, 0) is 73.5 Å². The van der Waals surface area contributed by atoms with Crippen LogP contribution in [-0.4, -0.2) is 22.9 Å². The maximum absolute atomic E-state index is 10.3. The van der Waals surface area contributed by atoms with Crippen molar-refractivity contribution in [3.63, 3.8) is 0 Å². The fourth-order valence-corrected chi connectivity index (χ4v) is 8.93. The molecule has 0 unspecified atom stereocenters. The van der Waals surface area contributed by atoms with Crippen molar-refractivity contribution in [1.82, 2.24) is 0 Å². The molecule has 29 heavy (non-hydrogen) atoms. The minimum Gasteiger partial charge on any atom is -0.393 e. The number of hydrogen-bond acceptors (Lipinski definition) is 2. The normalized spacial score (nSPS) is 51.6. The first-order valence-electron chi connectivity index (χ1n) is 12.8. The van der Waals surface area contributed by atoms with Crippen LogP contribution in [-0.2, 0) is 4.74 Å². The molecule has 0 bridgehead atoms. The largest absolute Gasteiger partial charge is 0.393 e. The summed E-state index contributed by atoms with van der Waals surface area (Å²) in [7, 11) is 0. The summed E-state index contributed by atoms with van der Waals surface area (Å²) in [6.07, 6.45) is 15.5. The van der Waals surface area contributed by atoms with Crippen LogP contribution in [0.15, 0.2) is 11.6 Å². The number of fused-ring (bicyclic) bond motifs is 4. The second-order valence-corrected chi connectivity index (χ2v) is 12.5. The van der Waals surface area contributed by atoms with E-state index in [-0.39, 0.29) is 17.1 Å². The molecule has 9 atom stereocenters. The van der Waals surface area contributed by atoms with Crippen LogP contribution in [0.3, 0.4) is 0 Å². The highest BCUT2D eigenvalue weighted by Crippen LogP contribution is 2.72. The summed E-state index contributed by atoms with van der Waals surface area (Å²) in [6.45, 7) is 12.4. The second kappa shape index (κ2) is 6.83. The molecule has 1 aliphatic heterocycles.